The van der Waals surface area contributed by atoms with Gasteiger partial charge in [0.25, 0.3) is 0 Å². The Morgan fingerprint density at radius 1 is 0.941 bits per heavy atom. The first-order valence-corrected chi connectivity index (χ1v) is 12.3. The molecule has 180 valence electrons. The Hall–Kier alpha value is -2.97. The van der Waals surface area contributed by atoms with Crippen molar-refractivity contribution in [1.29, 1.82) is 0 Å². The van der Waals surface area contributed by atoms with E-state index in [0.29, 0.717) is 6.04 Å². The van der Waals surface area contributed by atoms with Gasteiger partial charge in [0, 0.05) is 38.3 Å². The van der Waals surface area contributed by atoms with Crippen LogP contribution < -0.4 is 9.47 Å². The summed E-state index contributed by atoms with van der Waals surface area (Å²) in [5.41, 5.74) is 2.40. The van der Waals surface area contributed by atoms with Crippen LogP contribution >= 0.6 is 0 Å². The first kappa shape index (κ1) is 22.8. The third-order valence-electron chi connectivity index (χ3n) is 7.19. The zero-order valence-electron chi connectivity index (χ0n) is 20.1. The van der Waals surface area contributed by atoms with E-state index in [1.807, 2.05) is 12.1 Å². The van der Waals surface area contributed by atoms with E-state index in [0.717, 1.165) is 68.5 Å². The minimum absolute atomic E-state index is 0.0977. The molecule has 0 bridgehead atoms. The summed E-state index contributed by atoms with van der Waals surface area (Å²) in [7, 11) is 3.42. The number of ether oxygens (including phenoxy) is 2. The molecular weight excluding hydrogens is 428 g/mol. The van der Waals surface area contributed by atoms with Crippen molar-refractivity contribution in [3.8, 4) is 11.5 Å². The first-order chi connectivity index (χ1) is 16.8. The van der Waals surface area contributed by atoms with Crippen molar-refractivity contribution in [2.75, 3.05) is 40.4 Å². The van der Waals surface area contributed by atoms with Gasteiger partial charge in [0.1, 0.15) is 17.5 Å². The van der Waals surface area contributed by atoms with Crippen molar-refractivity contribution in [3.63, 3.8) is 0 Å². The van der Waals surface area contributed by atoms with E-state index >= 15 is 0 Å². The van der Waals surface area contributed by atoms with Gasteiger partial charge < -0.3 is 9.47 Å². The number of nitrogens with zero attached hydrogens (tertiary/aromatic N) is 6. The standard InChI is InChI=1S/C26H34N6O2/c1-33-22-12-13-24(34-2)23(18-22)25(26-27-28-29-32(26)21-10-6-7-11-21)31-16-14-30(15-17-31)19-20-8-4-3-5-9-20/h3-5,8-9,12-13,18,21,25H,6-7,10-11,14-17,19H2,1-2H3/t25-/m1/s1. The van der Waals surface area contributed by atoms with Crippen molar-refractivity contribution < 1.29 is 9.47 Å². The highest BCUT2D eigenvalue weighted by atomic mass is 16.5. The number of aromatic nitrogens is 4. The second kappa shape index (κ2) is 10.5. The summed E-state index contributed by atoms with van der Waals surface area (Å²) >= 11 is 0. The Kier molecular flexibility index (Phi) is 7.06. The Morgan fingerprint density at radius 2 is 1.71 bits per heavy atom. The fourth-order valence-corrected chi connectivity index (χ4v) is 5.36. The number of hydrogen-bond donors (Lipinski definition) is 0. The van der Waals surface area contributed by atoms with Crippen LogP contribution in [0.2, 0.25) is 0 Å². The minimum Gasteiger partial charge on any atom is -0.497 e. The lowest BCUT2D eigenvalue weighted by Gasteiger charge is -2.39. The van der Waals surface area contributed by atoms with E-state index in [4.69, 9.17) is 9.47 Å². The minimum atomic E-state index is -0.0977. The van der Waals surface area contributed by atoms with Crippen molar-refractivity contribution in [1.82, 2.24) is 30.0 Å². The molecule has 2 aromatic carbocycles. The van der Waals surface area contributed by atoms with Crippen LogP contribution in [0.15, 0.2) is 48.5 Å². The summed E-state index contributed by atoms with van der Waals surface area (Å²) in [6.07, 6.45) is 4.72. The number of piperazine rings is 1. The highest BCUT2D eigenvalue weighted by molar-refractivity contribution is 5.44. The largest absolute Gasteiger partial charge is 0.497 e. The SMILES string of the molecule is COc1ccc(OC)c([C@H](c2nnnn2C2CCCC2)N2CCN(Cc3ccccc3)CC2)c1. The molecule has 5 rings (SSSR count). The molecule has 0 radical (unpaired) electrons. The lowest BCUT2D eigenvalue weighted by Crippen LogP contribution is -2.48. The fourth-order valence-electron chi connectivity index (χ4n) is 5.36. The second-order valence-electron chi connectivity index (χ2n) is 9.23. The van der Waals surface area contributed by atoms with E-state index in [1.54, 1.807) is 14.2 Å². The number of tetrazole rings is 1. The topological polar surface area (TPSA) is 68.5 Å². The molecule has 1 atom stereocenters. The molecule has 0 spiro atoms. The average molecular weight is 463 g/mol. The van der Waals surface area contributed by atoms with Gasteiger partial charge in [0.2, 0.25) is 0 Å². The number of rotatable bonds is 8. The van der Waals surface area contributed by atoms with Gasteiger partial charge in [-0.3, -0.25) is 9.80 Å². The normalized spacial score (nSPS) is 18.8. The molecule has 0 unspecified atom stereocenters. The van der Waals surface area contributed by atoms with Gasteiger partial charge in [-0.2, -0.15) is 0 Å². The summed E-state index contributed by atoms with van der Waals surface area (Å²) in [6, 6.07) is 17.0. The predicted octanol–water partition coefficient (Wildman–Crippen LogP) is 3.71. The van der Waals surface area contributed by atoms with E-state index in [-0.39, 0.29) is 6.04 Å². The summed E-state index contributed by atoms with van der Waals surface area (Å²) in [5, 5.41) is 13.2. The maximum Gasteiger partial charge on any atom is 0.173 e. The van der Waals surface area contributed by atoms with Gasteiger partial charge in [-0.15, -0.1) is 5.10 Å². The van der Waals surface area contributed by atoms with Crippen LogP contribution in [-0.4, -0.2) is 70.4 Å². The van der Waals surface area contributed by atoms with Crippen LogP contribution in [0.1, 0.15) is 54.7 Å². The maximum atomic E-state index is 5.81. The second-order valence-corrected chi connectivity index (χ2v) is 9.23. The molecule has 2 heterocycles. The molecule has 1 saturated heterocycles. The lowest BCUT2D eigenvalue weighted by molar-refractivity contribution is 0.0982. The molecule has 1 aromatic heterocycles. The predicted molar refractivity (Wildman–Crippen MR) is 130 cm³/mol. The van der Waals surface area contributed by atoms with E-state index in [9.17, 15) is 0 Å². The van der Waals surface area contributed by atoms with Crippen molar-refractivity contribution in [2.45, 2.75) is 44.3 Å². The number of methoxy groups -OCH3 is 2. The first-order valence-electron chi connectivity index (χ1n) is 12.3. The van der Waals surface area contributed by atoms with Gasteiger partial charge in [-0.25, -0.2) is 4.68 Å². The van der Waals surface area contributed by atoms with Gasteiger partial charge in [0.05, 0.1) is 20.3 Å². The molecule has 2 fully saturated rings. The molecule has 1 aliphatic carbocycles. The van der Waals surface area contributed by atoms with Gasteiger partial charge in [-0.1, -0.05) is 43.2 Å². The van der Waals surface area contributed by atoms with Gasteiger partial charge >= 0.3 is 0 Å². The van der Waals surface area contributed by atoms with Crippen LogP contribution in [-0.2, 0) is 6.54 Å². The molecule has 3 aromatic rings. The van der Waals surface area contributed by atoms with Crippen LogP contribution in [0.5, 0.6) is 11.5 Å². The van der Waals surface area contributed by atoms with Gasteiger partial charge in [0.15, 0.2) is 5.82 Å². The van der Waals surface area contributed by atoms with Crippen LogP contribution in [0, 0.1) is 0 Å². The van der Waals surface area contributed by atoms with Crippen molar-refractivity contribution in [3.05, 3.63) is 65.5 Å². The smallest absolute Gasteiger partial charge is 0.173 e. The summed E-state index contributed by atoms with van der Waals surface area (Å²) in [5.74, 6) is 2.54. The third kappa shape index (κ3) is 4.79. The summed E-state index contributed by atoms with van der Waals surface area (Å²) < 4.78 is 13.5. The number of hydrogen-bond acceptors (Lipinski definition) is 7. The Labute approximate surface area is 201 Å². The molecule has 8 nitrogen and oxygen atoms in total. The van der Waals surface area contributed by atoms with E-state index in [1.165, 1.54) is 18.4 Å². The Balaban J connectivity index is 1.45. The molecule has 2 aliphatic rings. The third-order valence-corrected chi connectivity index (χ3v) is 7.19. The number of benzene rings is 2. The molecule has 34 heavy (non-hydrogen) atoms. The van der Waals surface area contributed by atoms with E-state index < -0.39 is 0 Å². The van der Waals surface area contributed by atoms with Crippen LogP contribution in [0.25, 0.3) is 0 Å². The quantitative estimate of drug-likeness (QED) is 0.505. The molecule has 1 saturated carbocycles. The lowest BCUT2D eigenvalue weighted by atomic mass is 10.0. The monoisotopic (exact) mass is 462 g/mol. The van der Waals surface area contributed by atoms with Crippen molar-refractivity contribution >= 4 is 0 Å². The molecule has 0 N–H and O–H groups in total. The zero-order valence-corrected chi connectivity index (χ0v) is 20.1. The zero-order chi connectivity index (χ0) is 23.3. The van der Waals surface area contributed by atoms with Crippen LogP contribution in [0.3, 0.4) is 0 Å². The molecule has 8 heteroatoms. The highest BCUT2D eigenvalue weighted by Gasteiger charge is 2.35. The van der Waals surface area contributed by atoms with Gasteiger partial charge in [-0.05, 0) is 47.0 Å². The molecule has 0 amide bonds. The summed E-state index contributed by atoms with van der Waals surface area (Å²) in [4.78, 5) is 5.02. The Morgan fingerprint density at radius 3 is 2.41 bits per heavy atom. The average Bonchev–Trinajstić information content (AvgIpc) is 3.58. The highest BCUT2D eigenvalue weighted by Crippen LogP contribution is 2.39. The Bertz CT molecular complexity index is 1060. The maximum absolute atomic E-state index is 5.81. The molecular formula is C26H34N6O2. The van der Waals surface area contributed by atoms with Crippen LogP contribution in [0.4, 0.5) is 0 Å². The van der Waals surface area contributed by atoms with E-state index in [2.05, 4.69) is 66.4 Å². The molecule has 1 aliphatic heterocycles. The summed E-state index contributed by atoms with van der Waals surface area (Å²) in [6.45, 7) is 4.80. The fraction of sp³-hybridized carbons (Fsp3) is 0.500. The van der Waals surface area contributed by atoms with Crippen molar-refractivity contribution in [2.24, 2.45) is 0 Å².